The van der Waals surface area contributed by atoms with Gasteiger partial charge in [0.2, 0.25) is 5.91 Å². The summed E-state index contributed by atoms with van der Waals surface area (Å²) in [4.78, 5) is 17.4. The van der Waals surface area contributed by atoms with Crippen molar-refractivity contribution >= 4 is 17.3 Å². The predicted octanol–water partition coefficient (Wildman–Crippen LogP) is 8.91. The van der Waals surface area contributed by atoms with Crippen LogP contribution in [0.15, 0.2) is 111 Å². The molecule has 7 atom stereocenters. The van der Waals surface area contributed by atoms with Crippen LogP contribution in [0.4, 0.5) is 11.4 Å². The molecule has 7 unspecified atom stereocenters. The molecule has 2 aromatic carbocycles. The second kappa shape index (κ2) is 11.1. The second-order valence-corrected chi connectivity index (χ2v) is 12.4. The van der Waals surface area contributed by atoms with Crippen molar-refractivity contribution in [2.75, 3.05) is 9.80 Å². The zero-order chi connectivity index (χ0) is 28.7. The van der Waals surface area contributed by atoms with E-state index in [2.05, 4.69) is 113 Å². The van der Waals surface area contributed by atoms with Crippen LogP contribution in [-0.4, -0.2) is 5.91 Å². The highest BCUT2D eigenvalue weighted by molar-refractivity contribution is 5.96. The van der Waals surface area contributed by atoms with E-state index in [4.69, 9.17) is 0 Å². The summed E-state index contributed by atoms with van der Waals surface area (Å²) in [7, 11) is 0. The molecule has 1 aliphatic carbocycles. The summed E-state index contributed by atoms with van der Waals surface area (Å²) in [6.07, 6.45) is 7.47. The van der Waals surface area contributed by atoms with Crippen LogP contribution in [0.25, 0.3) is 0 Å². The van der Waals surface area contributed by atoms with Gasteiger partial charge >= 0.3 is 0 Å². The van der Waals surface area contributed by atoms with E-state index in [9.17, 15) is 4.79 Å². The average Bonchev–Trinajstić information content (AvgIpc) is 3.42. The third-order valence-corrected chi connectivity index (χ3v) is 9.91. The molecule has 2 heterocycles. The molecule has 2 saturated heterocycles. The lowest BCUT2D eigenvalue weighted by molar-refractivity contribution is -0.119. The summed E-state index contributed by atoms with van der Waals surface area (Å²) >= 11 is 0. The van der Waals surface area contributed by atoms with Gasteiger partial charge in [0.15, 0.2) is 0 Å². The summed E-state index contributed by atoms with van der Waals surface area (Å²) in [5.41, 5.74) is 7.67. The first-order valence-electron chi connectivity index (χ1n) is 14.8. The molecule has 1 saturated carbocycles. The van der Waals surface area contributed by atoms with E-state index in [1.165, 1.54) is 16.8 Å². The van der Waals surface area contributed by atoms with Crippen LogP contribution in [-0.2, 0) is 11.2 Å². The molecule has 40 heavy (non-hydrogen) atoms. The van der Waals surface area contributed by atoms with Gasteiger partial charge in [-0.2, -0.15) is 0 Å². The minimum absolute atomic E-state index is 0.0972. The molecule has 0 spiro atoms. The van der Waals surface area contributed by atoms with Crippen molar-refractivity contribution < 1.29 is 4.79 Å². The van der Waals surface area contributed by atoms with E-state index in [1.807, 2.05) is 11.0 Å². The first-order chi connectivity index (χ1) is 19.1. The molecule has 0 bridgehead atoms. The van der Waals surface area contributed by atoms with Crippen LogP contribution in [0.2, 0.25) is 0 Å². The maximum atomic E-state index is 13.3. The summed E-state index contributed by atoms with van der Waals surface area (Å²) in [6, 6.07) is 17.2. The molecule has 3 fully saturated rings. The number of carbonyl (C=O) groups is 1. The van der Waals surface area contributed by atoms with Gasteiger partial charge in [-0.25, -0.2) is 0 Å². The molecular weight excluding hydrogens is 488 g/mol. The Kier molecular flexibility index (Phi) is 7.77. The highest BCUT2D eigenvalue weighted by Crippen LogP contribution is 2.56. The maximum absolute atomic E-state index is 13.3. The van der Waals surface area contributed by atoms with Crippen LogP contribution in [0, 0.1) is 41.4 Å². The second-order valence-electron chi connectivity index (χ2n) is 12.4. The SMILES string of the molecule is C=CC1CC(=O)N(c2ccc(Cc3ccc(N4C(=C)C5C(C)CC(C=C)C5C4=C)cc3)cc2)C(=C)C(C)C(C)C1. The molecule has 2 aliphatic heterocycles. The fourth-order valence-electron chi connectivity index (χ4n) is 7.41. The van der Waals surface area contributed by atoms with Crippen molar-refractivity contribution in [3.05, 3.63) is 122 Å². The van der Waals surface area contributed by atoms with Crippen molar-refractivity contribution in [3.8, 4) is 0 Å². The van der Waals surface area contributed by atoms with Crippen LogP contribution in [0.1, 0.15) is 51.2 Å². The highest BCUT2D eigenvalue weighted by atomic mass is 16.2. The Morgan fingerprint density at radius 3 is 1.82 bits per heavy atom. The lowest BCUT2D eigenvalue weighted by Gasteiger charge is -2.36. The van der Waals surface area contributed by atoms with E-state index in [1.54, 1.807) is 0 Å². The Labute approximate surface area is 241 Å². The molecule has 208 valence electrons. The number of nitrogens with zero attached hydrogens (tertiary/aromatic N) is 2. The normalized spacial score (nSPS) is 30.7. The first kappa shape index (κ1) is 28.0. The Morgan fingerprint density at radius 2 is 1.27 bits per heavy atom. The summed E-state index contributed by atoms with van der Waals surface area (Å²) < 4.78 is 0. The lowest BCUT2D eigenvalue weighted by Crippen LogP contribution is -2.37. The van der Waals surface area contributed by atoms with Gasteiger partial charge in [0.1, 0.15) is 0 Å². The number of hydrogen-bond donors (Lipinski definition) is 0. The molecular formula is C37H44N2O. The quantitative estimate of drug-likeness (QED) is 0.347. The Balaban J connectivity index is 1.30. The van der Waals surface area contributed by atoms with Crippen molar-refractivity contribution in [2.45, 2.75) is 46.5 Å². The third kappa shape index (κ3) is 4.91. The van der Waals surface area contributed by atoms with Crippen LogP contribution >= 0.6 is 0 Å². The van der Waals surface area contributed by atoms with Crippen molar-refractivity contribution in [1.82, 2.24) is 0 Å². The number of rotatable bonds is 6. The van der Waals surface area contributed by atoms with Crippen LogP contribution in [0.3, 0.4) is 0 Å². The topological polar surface area (TPSA) is 23.6 Å². The van der Waals surface area contributed by atoms with Gasteiger partial charge in [-0.3, -0.25) is 9.69 Å². The number of anilines is 2. The van der Waals surface area contributed by atoms with Crippen LogP contribution < -0.4 is 9.80 Å². The van der Waals surface area contributed by atoms with Crippen molar-refractivity contribution in [3.63, 3.8) is 0 Å². The number of benzene rings is 2. The number of hydrogen-bond acceptors (Lipinski definition) is 2. The molecule has 0 radical (unpaired) electrons. The third-order valence-electron chi connectivity index (χ3n) is 9.91. The lowest BCUT2D eigenvalue weighted by atomic mass is 9.81. The Bertz CT molecular complexity index is 1330. The summed E-state index contributed by atoms with van der Waals surface area (Å²) in [5.74, 6) is 2.86. The number of allylic oxidation sites excluding steroid dienone is 5. The maximum Gasteiger partial charge on any atom is 0.231 e. The molecule has 0 aromatic heterocycles. The number of amides is 1. The molecule has 3 aliphatic rings. The molecule has 5 rings (SSSR count). The number of carbonyl (C=O) groups excluding carboxylic acids is 1. The van der Waals surface area contributed by atoms with Gasteiger partial charge in [-0.15, -0.1) is 13.2 Å². The van der Waals surface area contributed by atoms with Gasteiger partial charge in [0.05, 0.1) is 0 Å². The van der Waals surface area contributed by atoms with Gasteiger partial charge in [0, 0.05) is 46.7 Å². The molecule has 2 aromatic rings. The summed E-state index contributed by atoms with van der Waals surface area (Å²) in [5, 5.41) is 0. The van der Waals surface area contributed by atoms with E-state index < -0.39 is 0 Å². The first-order valence-corrected chi connectivity index (χ1v) is 14.8. The molecule has 3 heteroatoms. The van der Waals surface area contributed by atoms with E-state index in [0.29, 0.717) is 36.0 Å². The molecule has 1 amide bonds. The average molecular weight is 533 g/mol. The number of fused-ring (bicyclic) bond motifs is 1. The minimum Gasteiger partial charge on any atom is -0.318 e. The van der Waals surface area contributed by atoms with Gasteiger partial charge < -0.3 is 4.90 Å². The van der Waals surface area contributed by atoms with Crippen LogP contribution in [0.5, 0.6) is 0 Å². The predicted molar refractivity (Wildman–Crippen MR) is 169 cm³/mol. The smallest absolute Gasteiger partial charge is 0.231 e. The fourth-order valence-corrected chi connectivity index (χ4v) is 7.41. The van der Waals surface area contributed by atoms with Gasteiger partial charge in [0.25, 0.3) is 0 Å². The van der Waals surface area contributed by atoms with Crippen molar-refractivity contribution in [1.29, 1.82) is 0 Å². The summed E-state index contributed by atoms with van der Waals surface area (Å²) in [6.45, 7) is 28.1. The van der Waals surface area contributed by atoms with E-state index >= 15 is 0 Å². The zero-order valence-corrected chi connectivity index (χ0v) is 24.5. The highest BCUT2D eigenvalue weighted by Gasteiger charge is 2.50. The standard InChI is InChI=1S/C37H44N2O/c1-9-29-19-23(3)25(5)26(6)39(35(40)22-29)34-17-13-31(14-18-34)21-30-11-15-33(16-12-30)38-27(7)36-24(4)20-32(10-2)37(36)28(38)8/h9-18,23-25,29,32,36-37H,1-2,6-8,19-22H2,3-5H3. The Morgan fingerprint density at radius 1 is 0.725 bits per heavy atom. The Hall–Kier alpha value is -3.59. The monoisotopic (exact) mass is 532 g/mol. The molecule has 3 nitrogen and oxygen atoms in total. The minimum atomic E-state index is 0.0972. The van der Waals surface area contributed by atoms with Gasteiger partial charge in [-0.05, 0) is 84.2 Å². The largest absolute Gasteiger partial charge is 0.318 e. The fraction of sp³-hybridized carbons (Fsp3) is 0.378. The zero-order valence-electron chi connectivity index (χ0n) is 24.5. The van der Waals surface area contributed by atoms with Crippen molar-refractivity contribution in [2.24, 2.45) is 41.4 Å². The molecule has 0 N–H and O–H groups in total. The van der Waals surface area contributed by atoms with E-state index in [-0.39, 0.29) is 17.7 Å². The van der Waals surface area contributed by atoms with E-state index in [0.717, 1.165) is 42.0 Å². The van der Waals surface area contributed by atoms with Gasteiger partial charge in [-0.1, -0.05) is 76.9 Å².